The van der Waals surface area contributed by atoms with E-state index in [0.717, 1.165) is 13.4 Å². The second-order valence-electron chi connectivity index (χ2n) is 6.03. The molecule has 2 rings (SSSR count). The number of esters is 1. The first kappa shape index (κ1) is 24.3. The Balaban J connectivity index is 2.33. The summed E-state index contributed by atoms with van der Waals surface area (Å²) in [7, 11) is -6.80. The molecule has 0 fully saturated rings. The zero-order valence-corrected chi connectivity index (χ0v) is 20.4. The Kier molecular flexibility index (Phi) is 7.66. The van der Waals surface area contributed by atoms with Crippen molar-refractivity contribution in [3.8, 4) is 0 Å². The van der Waals surface area contributed by atoms with Gasteiger partial charge in [0.15, 0.2) is 5.78 Å². The van der Waals surface area contributed by atoms with Gasteiger partial charge in [-0.1, -0.05) is 31.9 Å². The minimum atomic E-state index is -4.24. The van der Waals surface area contributed by atoms with E-state index in [0.29, 0.717) is 8.95 Å². The third-order valence-electron chi connectivity index (χ3n) is 3.55. The Bertz CT molecular complexity index is 1210. The smallest absolute Gasteiger partial charge is 0.340 e. The molecule has 0 spiro atoms. The number of benzene rings is 2. The van der Waals surface area contributed by atoms with Gasteiger partial charge >= 0.3 is 5.97 Å². The minimum absolute atomic E-state index is 0.0500. The molecule has 0 heterocycles. The maximum atomic E-state index is 12.6. The van der Waals surface area contributed by atoms with Crippen LogP contribution in [0.4, 0.5) is 11.4 Å². The fourth-order valence-electron chi connectivity index (χ4n) is 2.38. The number of rotatable bonds is 8. The van der Waals surface area contributed by atoms with E-state index < -0.39 is 37.6 Å². The van der Waals surface area contributed by atoms with Crippen LogP contribution in [0.5, 0.6) is 0 Å². The fraction of sp³-hybridized carbons (Fsp3) is 0.176. The highest BCUT2D eigenvalue weighted by Gasteiger charge is 2.24. The molecule has 0 saturated heterocycles. The van der Waals surface area contributed by atoms with Crippen molar-refractivity contribution in [2.24, 2.45) is 0 Å². The number of anilines is 2. The molecule has 0 aromatic heterocycles. The van der Waals surface area contributed by atoms with Crippen molar-refractivity contribution in [1.82, 2.24) is 0 Å². The third-order valence-corrected chi connectivity index (χ3v) is 6.30. The van der Waals surface area contributed by atoms with Gasteiger partial charge in [0.05, 0.1) is 30.3 Å². The highest BCUT2D eigenvalue weighted by atomic mass is 79.9. The summed E-state index contributed by atoms with van der Waals surface area (Å²) >= 11 is 6.35. The summed E-state index contributed by atoms with van der Waals surface area (Å²) in [6, 6.07) is 8.34. The average molecular weight is 584 g/mol. The molecule has 162 valence electrons. The van der Waals surface area contributed by atoms with Crippen LogP contribution in [-0.2, 0) is 24.8 Å². The van der Waals surface area contributed by atoms with Gasteiger partial charge in [0.25, 0.3) is 0 Å². The van der Waals surface area contributed by atoms with Gasteiger partial charge in [0, 0.05) is 14.5 Å². The van der Waals surface area contributed by atoms with Crippen LogP contribution in [0, 0.1) is 0 Å². The molecule has 30 heavy (non-hydrogen) atoms. The quantitative estimate of drug-likeness (QED) is 0.360. The zero-order valence-electron chi connectivity index (χ0n) is 15.6. The van der Waals surface area contributed by atoms with Gasteiger partial charge in [-0.2, -0.15) is 0 Å². The SMILES string of the molecule is COC(=O)c1cc(Br)ccc1NS(=O)(=O)CC(=O)c1ccc(Br)cc1NS(C)(=O)=O. The van der Waals surface area contributed by atoms with E-state index in [1.54, 1.807) is 0 Å². The second-order valence-corrected chi connectivity index (χ2v) is 11.3. The molecule has 13 heteroatoms. The Hall–Kier alpha value is -1.96. The summed E-state index contributed by atoms with van der Waals surface area (Å²) in [4.78, 5) is 24.5. The fourth-order valence-corrected chi connectivity index (χ4v) is 4.76. The molecule has 0 amide bonds. The van der Waals surface area contributed by atoms with Crippen molar-refractivity contribution >= 4 is 75.0 Å². The number of hydrogen-bond donors (Lipinski definition) is 2. The summed E-state index contributed by atoms with van der Waals surface area (Å²) in [6.07, 6.45) is 0.905. The van der Waals surface area contributed by atoms with Crippen molar-refractivity contribution in [2.75, 3.05) is 28.6 Å². The van der Waals surface area contributed by atoms with Gasteiger partial charge in [-0.3, -0.25) is 14.2 Å². The lowest BCUT2D eigenvalue weighted by Crippen LogP contribution is -2.25. The van der Waals surface area contributed by atoms with Crippen LogP contribution in [-0.4, -0.2) is 47.7 Å². The van der Waals surface area contributed by atoms with Gasteiger partial charge in [0.2, 0.25) is 20.0 Å². The van der Waals surface area contributed by atoms with E-state index in [1.165, 1.54) is 36.4 Å². The van der Waals surface area contributed by atoms with Crippen LogP contribution in [0.2, 0.25) is 0 Å². The van der Waals surface area contributed by atoms with E-state index >= 15 is 0 Å². The number of hydrogen-bond acceptors (Lipinski definition) is 7. The van der Waals surface area contributed by atoms with Gasteiger partial charge in [0.1, 0.15) is 5.75 Å². The molecular weight excluding hydrogens is 568 g/mol. The normalized spacial score (nSPS) is 11.6. The second kappa shape index (κ2) is 9.45. The number of Topliss-reactive ketones (excluding diaryl/α,β-unsaturated/α-hetero) is 1. The molecule has 0 unspecified atom stereocenters. The summed E-state index contributed by atoms with van der Waals surface area (Å²) in [5, 5.41) is 0. The van der Waals surface area contributed by atoms with E-state index in [9.17, 15) is 26.4 Å². The van der Waals surface area contributed by atoms with Crippen LogP contribution in [0.25, 0.3) is 0 Å². The molecule has 0 aliphatic carbocycles. The van der Waals surface area contributed by atoms with Crippen LogP contribution in [0.15, 0.2) is 45.3 Å². The maximum absolute atomic E-state index is 12.6. The van der Waals surface area contributed by atoms with Gasteiger partial charge in [-0.25, -0.2) is 21.6 Å². The highest BCUT2D eigenvalue weighted by Crippen LogP contribution is 2.25. The van der Waals surface area contributed by atoms with E-state index in [1.807, 2.05) is 0 Å². The molecule has 9 nitrogen and oxygen atoms in total. The number of carbonyl (C=O) groups is 2. The van der Waals surface area contributed by atoms with Gasteiger partial charge in [-0.15, -0.1) is 0 Å². The number of ether oxygens (including phenoxy) is 1. The van der Waals surface area contributed by atoms with Crippen molar-refractivity contribution < 1.29 is 31.2 Å². The first-order valence-electron chi connectivity index (χ1n) is 8.00. The number of halogens is 2. The monoisotopic (exact) mass is 582 g/mol. The largest absolute Gasteiger partial charge is 0.465 e. The molecule has 0 aliphatic heterocycles. The van der Waals surface area contributed by atoms with E-state index in [-0.39, 0.29) is 22.5 Å². The van der Waals surface area contributed by atoms with Crippen molar-refractivity contribution in [3.63, 3.8) is 0 Å². The van der Waals surface area contributed by atoms with Crippen LogP contribution in [0.3, 0.4) is 0 Å². The average Bonchev–Trinajstić information content (AvgIpc) is 2.60. The number of nitrogens with one attached hydrogen (secondary N) is 2. The molecule has 2 N–H and O–H groups in total. The molecular formula is C17H16Br2N2O7S2. The summed E-state index contributed by atoms with van der Waals surface area (Å²) in [5.41, 5.74) is -0.307. The van der Waals surface area contributed by atoms with Crippen LogP contribution >= 0.6 is 31.9 Å². The Labute approximate surface area is 190 Å². The third kappa shape index (κ3) is 6.79. The summed E-state index contributed by atoms with van der Waals surface area (Å²) in [5.74, 6) is -2.60. The molecule has 0 saturated carbocycles. The Morgan fingerprint density at radius 3 is 2.10 bits per heavy atom. The predicted molar refractivity (Wildman–Crippen MR) is 120 cm³/mol. The predicted octanol–water partition coefficient (Wildman–Crippen LogP) is 2.99. The Morgan fingerprint density at radius 2 is 1.50 bits per heavy atom. The van der Waals surface area contributed by atoms with E-state index in [2.05, 4.69) is 46.0 Å². The molecule has 2 aromatic carbocycles. The number of ketones is 1. The maximum Gasteiger partial charge on any atom is 0.340 e. The standard InChI is InChI=1S/C17H16Br2N2O7S2/c1-28-17(23)13-7-10(18)4-6-14(13)21-30(26,27)9-16(22)12-5-3-11(19)8-15(12)20-29(2,24)25/h3-8,20-21H,9H2,1-2H3. The summed E-state index contributed by atoms with van der Waals surface area (Å²) in [6.45, 7) is 0. The number of carbonyl (C=O) groups excluding carboxylic acids is 2. The molecule has 2 aromatic rings. The molecule has 0 atom stereocenters. The number of sulfonamides is 2. The van der Waals surface area contributed by atoms with Gasteiger partial charge in [-0.05, 0) is 36.4 Å². The first-order valence-corrected chi connectivity index (χ1v) is 13.1. The minimum Gasteiger partial charge on any atom is -0.465 e. The highest BCUT2D eigenvalue weighted by molar-refractivity contribution is 9.10. The van der Waals surface area contributed by atoms with Gasteiger partial charge < -0.3 is 4.74 Å². The summed E-state index contributed by atoms with van der Waals surface area (Å²) < 4.78 is 58.2. The van der Waals surface area contributed by atoms with Crippen LogP contribution in [0.1, 0.15) is 20.7 Å². The lowest BCUT2D eigenvalue weighted by molar-refractivity contribution is 0.0601. The lowest BCUT2D eigenvalue weighted by Gasteiger charge is -2.13. The Morgan fingerprint density at radius 1 is 0.900 bits per heavy atom. The van der Waals surface area contributed by atoms with Crippen LogP contribution < -0.4 is 9.44 Å². The molecule has 0 bridgehead atoms. The molecule has 0 aliphatic rings. The lowest BCUT2D eigenvalue weighted by atomic mass is 10.1. The van der Waals surface area contributed by atoms with Crippen molar-refractivity contribution in [2.45, 2.75) is 0 Å². The number of methoxy groups -OCH3 is 1. The zero-order chi connectivity index (χ0) is 22.7. The molecule has 0 radical (unpaired) electrons. The van der Waals surface area contributed by atoms with Crippen molar-refractivity contribution in [3.05, 3.63) is 56.5 Å². The first-order chi connectivity index (χ1) is 13.8. The van der Waals surface area contributed by atoms with E-state index in [4.69, 9.17) is 0 Å². The van der Waals surface area contributed by atoms with Crippen molar-refractivity contribution in [1.29, 1.82) is 0 Å². The topological polar surface area (TPSA) is 136 Å².